The van der Waals surface area contributed by atoms with Gasteiger partial charge < -0.3 is 5.11 Å². The fourth-order valence-corrected chi connectivity index (χ4v) is 2.00. The van der Waals surface area contributed by atoms with Gasteiger partial charge in [-0.1, -0.05) is 44.2 Å². The maximum atomic E-state index is 13.0. The number of hydrogen-bond acceptors (Lipinski definition) is 1. The second-order valence-electron chi connectivity index (χ2n) is 4.96. The number of aliphatic hydroxyl groups is 1. The number of benzene rings is 1. The summed E-state index contributed by atoms with van der Waals surface area (Å²) in [5.74, 6) is 0. The minimum absolute atomic E-state index is 0.115. The maximum absolute atomic E-state index is 13.0. The summed E-state index contributed by atoms with van der Waals surface area (Å²) >= 11 is 0. The lowest BCUT2D eigenvalue weighted by molar-refractivity contribution is -0.0960. The molecular weight excluding hydrogens is 265 g/mol. The van der Waals surface area contributed by atoms with Crippen LogP contribution in [0.3, 0.4) is 0 Å². The van der Waals surface area contributed by atoms with E-state index in [0.29, 0.717) is 6.42 Å². The first-order chi connectivity index (χ1) is 9.30. The smallest absolute Gasteiger partial charge is 0.386 e. The Hall–Kier alpha value is -1.29. The minimum Gasteiger partial charge on any atom is -0.386 e. The zero-order valence-electron chi connectivity index (χ0n) is 11.9. The van der Waals surface area contributed by atoms with Crippen LogP contribution < -0.4 is 0 Å². The molecule has 1 aromatic carbocycles. The second kappa shape index (κ2) is 6.93. The molecule has 0 spiro atoms. The average molecular weight is 286 g/mol. The lowest BCUT2D eigenvalue weighted by atomic mass is 9.92. The summed E-state index contributed by atoms with van der Waals surface area (Å²) in [6.45, 7) is 3.37. The molecule has 1 nitrogen and oxygen atoms in total. The van der Waals surface area contributed by atoms with Crippen molar-refractivity contribution in [3.05, 3.63) is 47.5 Å². The Morgan fingerprint density at radius 2 is 1.65 bits per heavy atom. The largest absolute Gasteiger partial charge is 0.412 e. The van der Waals surface area contributed by atoms with Gasteiger partial charge in [0.25, 0.3) is 0 Å². The summed E-state index contributed by atoms with van der Waals surface area (Å²) in [7, 11) is 0. The van der Waals surface area contributed by atoms with Gasteiger partial charge in [-0.15, -0.1) is 0 Å². The van der Waals surface area contributed by atoms with Crippen LogP contribution in [0, 0.1) is 0 Å². The van der Waals surface area contributed by atoms with Gasteiger partial charge in [0, 0.05) is 5.57 Å². The van der Waals surface area contributed by atoms with Crippen LogP contribution in [0.2, 0.25) is 0 Å². The zero-order valence-corrected chi connectivity index (χ0v) is 11.9. The highest BCUT2D eigenvalue weighted by Gasteiger charge is 2.35. The Labute approximate surface area is 118 Å². The summed E-state index contributed by atoms with van der Waals surface area (Å²) in [4.78, 5) is 0. The van der Waals surface area contributed by atoms with Gasteiger partial charge in [0.05, 0.1) is 5.60 Å². The van der Waals surface area contributed by atoms with Gasteiger partial charge in [-0.05, 0) is 37.3 Å². The molecule has 0 amide bonds. The Bertz CT molecular complexity index is 431. The molecule has 0 atom stereocenters. The van der Waals surface area contributed by atoms with Gasteiger partial charge in [0.15, 0.2) is 0 Å². The summed E-state index contributed by atoms with van der Waals surface area (Å²) in [5, 5.41) is 10.1. The molecular formula is C16H21F3O. The highest BCUT2D eigenvalue weighted by atomic mass is 19.4. The molecule has 0 radical (unpaired) electrons. The first kappa shape index (κ1) is 16.8. The normalized spacial score (nSPS) is 13.6. The van der Waals surface area contributed by atoms with E-state index in [2.05, 4.69) is 0 Å². The molecule has 0 saturated carbocycles. The van der Waals surface area contributed by atoms with Crippen molar-refractivity contribution in [2.45, 2.75) is 51.3 Å². The van der Waals surface area contributed by atoms with Crippen molar-refractivity contribution >= 4 is 0 Å². The molecule has 0 saturated heterocycles. The van der Waals surface area contributed by atoms with Crippen molar-refractivity contribution in [2.75, 3.05) is 0 Å². The van der Waals surface area contributed by atoms with E-state index < -0.39 is 17.4 Å². The van der Waals surface area contributed by atoms with Crippen molar-refractivity contribution in [3.8, 4) is 0 Å². The Balaban J connectivity index is 2.89. The third kappa shape index (κ3) is 5.00. The molecule has 1 N–H and O–H groups in total. The van der Waals surface area contributed by atoms with Crippen LogP contribution in [-0.4, -0.2) is 16.9 Å². The van der Waals surface area contributed by atoms with Crippen molar-refractivity contribution in [1.82, 2.24) is 0 Å². The van der Waals surface area contributed by atoms with Crippen molar-refractivity contribution in [2.24, 2.45) is 0 Å². The van der Waals surface area contributed by atoms with Gasteiger partial charge in [-0.25, -0.2) is 0 Å². The van der Waals surface area contributed by atoms with E-state index in [0.717, 1.165) is 11.6 Å². The predicted octanol–water partition coefficient (Wildman–Crippen LogP) is 4.66. The quantitative estimate of drug-likeness (QED) is 0.754. The highest BCUT2D eigenvalue weighted by molar-refractivity contribution is 5.20. The van der Waals surface area contributed by atoms with Crippen molar-refractivity contribution in [3.63, 3.8) is 0 Å². The summed E-state index contributed by atoms with van der Waals surface area (Å²) in [5.41, 5.74) is -1.16. The molecule has 112 valence electrons. The molecule has 0 aliphatic heterocycles. The standard InChI is InChI=1S/C16H21F3O/c1-3-15(20,4-2)12-14(16(17,18)19)11-10-13-8-6-5-7-9-13/h5-9,12,20H,3-4,10-11H2,1-2H3/b14-12+. The van der Waals surface area contributed by atoms with Gasteiger partial charge in [-0.3, -0.25) is 0 Å². The molecule has 0 fully saturated rings. The SMILES string of the molecule is CCC(O)(/C=C(\CCc1ccccc1)C(F)(F)F)CC. The minimum atomic E-state index is -4.40. The summed E-state index contributed by atoms with van der Waals surface area (Å²) in [6, 6.07) is 9.05. The van der Waals surface area contributed by atoms with E-state index >= 15 is 0 Å². The topological polar surface area (TPSA) is 20.2 Å². The van der Waals surface area contributed by atoms with Crippen LogP contribution in [-0.2, 0) is 6.42 Å². The molecule has 0 aliphatic carbocycles. The van der Waals surface area contributed by atoms with E-state index in [1.165, 1.54) is 0 Å². The van der Waals surface area contributed by atoms with Crippen LogP contribution in [0.1, 0.15) is 38.7 Å². The van der Waals surface area contributed by atoms with E-state index in [4.69, 9.17) is 0 Å². The molecule has 20 heavy (non-hydrogen) atoms. The molecule has 1 aromatic rings. The Kier molecular flexibility index (Phi) is 5.81. The third-order valence-corrected chi connectivity index (χ3v) is 3.56. The first-order valence-electron chi connectivity index (χ1n) is 6.86. The molecule has 0 heterocycles. The Morgan fingerprint density at radius 1 is 1.10 bits per heavy atom. The molecule has 0 bridgehead atoms. The van der Waals surface area contributed by atoms with E-state index in [1.807, 2.05) is 6.07 Å². The fourth-order valence-electron chi connectivity index (χ4n) is 2.00. The molecule has 4 heteroatoms. The highest BCUT2D eigenvalue weighted by Crippen LogP contribution is 2.32. The molecule has 0 unspecified atom stereocenters. The monoisotopic (exact) mass is 286 g/mol. The predicted molar refractivity (Wildman–Crippen MR) is 74.4 cm³/mol. The molecule has 0 aliphatic rings. The third-order valence-electron chi connectivity index (χ3n) is 3.56. The average Bonchev–Trinajstić information content (AvgIpc) is 2.43. The van der Waals surface area contributed by atoms with E-state index in [-0.39, 0.29) is 19.3 Å². The second-order valence-corrected chi connectivity index (χ2v) is 4.96. The number of halogens is 3. The van der Waals surface area contributed by atoms with Crippen molar-refractivity contribution < 1.29 is 18.3 Å². The summed E-state index contributed by atoms with van der Waals surface area (Å²) < 4.78 is 39.1. The van der Waals surface area contributed by atoms with Gasteiger partial charge >= 0.3 is 6.18 Å². The lowest BCUT2D eigenvalue weighted by Gasteiger charge is -2.24. The number of aryl methyl sites for hydroxylation is 1. The fraction of sp³-hybridized carbons (Fsp3) is 0.500. The van der Waals surface area contributed by atoms with E-state index in [1.54, 1.807) is 38.1 Å². The van der Waals surface area contributed by atoms with Gasteiger partial charge in [-0.2, -0.15) is 13.2 Å². The maximum Gasteiger partial charge on any atom is 0.412 e. The van der Waals surface area contributed by atoms with Crippen LogP contribution in [0.5, 0.6) is 0 Å². The van der Waals surface area contributed by atoms with E-state index in [9.17, 15) is 18.3 Å². The lowest BCUT2D eigenvalue weighted by Crippen LogP contribution is -2.27. The van der Waals surface area contributed by atoms with Crippen LogP contribution in [0.25, 0.3) is 0 Å². The molecule has 0 aromatic heterocycles. The number of hydrogen-bond donors (Lipinski definition) is 1. The zero-order chi connectivity index (χ0) is 15.2. The summed E-state index contributed by atoms with van der Waals surface area (Å²) in [6.07, 6.45) is -2.66. The van der Waals surface area contributed by atoms with Crippen LogP contribution >= 0.6 is 0 Å². The van der Waals surface area contributed by atoms with Crippen molar-refractivity contribution in [1.29, 1.82) is 0 Å². The first-order valence-corrected chi connectivity index (χ1v) is 6.86. The van der Waals surface area contributed by atoms with Gasteiger partial charge in [0.1, 0.15) is 0 Å². The van der Waals surface area contributed by atoms with Crippen LogP contribution in [0.4, 0.5) is 13.2 Å². The number of allylic oxidation sites excluding steroid dienone is 1. The molecule has 1 rings (SSSR count). The van der Waals surface area contributed by atoms with Gasteiger partial charge in [0.2, 0.25) is 0 Å². The number of alkyl halides is 3. The van der Waals surface area contributed by atoms with Crippen LogP contribution in [0.15, 0.2) is 42.0 Å². The Morgan fingerprint density at radius 3 is 2.10 bits per heavy atom. The number of rotatable bonds is 6.